The van der Waals surface area contributed by atoms with Crippen LogP contribution in [0.3, 0.4) is 0 Å². The van der Waals surface area contributed by atoms with Crippen LogP contribution in [0.5, 0.6) is 0 Å². The highest BCUT2D eigenvalue weighted by Gasteiger charge is 2.15. The van der Waals surface area contributed by atoms with Crippen LogP contribution in [0.4, 0.5) is 8.78 Å². The Balaban J connectivity index is 2.18. The molecule has 0 atom stereocenters. The van der Waals surface area contributed by atoms with Gasteiger partial charge in [0.05, 0.1) is 0 Å². The molecule has 0 radical (unpaired) electrons. The summed E-state index contributed by atoms with van der Waals surface area (Å²) in [5, 5.41) is 0. The van der Waals surface area contributed by atoms with Crippen LogP contribution >= 0.6 is 0 Å². The average Bonchev–Trinajstić information content (AvgIpc) is 2.44. The molecule has 20 heavy (non-hydrogen) atoms. The largest absolute Gasteiger partial charge is 0.335 e. The van der Waals surface area contributed by atoms with Crippen LogP contribution in [0, 0.1) is 11.6 Å². The molecule has 0 saturated carbocycles. The third kappa shape index (κ3) is 3.41. The van der Waals surface area contributed by atoms with E-state index in [1.807, 2.05) is 6.92 Å². The zero-order chi connectivity index (χ0) is 14.5. The highest BCUT2D eigenvalue weighted by molar-refractivity contribution is 5.94. The SMILES string of the molecule is CCN(Cc1cccc(F)c1)C(=O)c1cccc(F)c1. The highest BCUT2D eigenvalue weighted by Crippen LogP contribution is 2.12. The van der Waals surface area contributed by atoms with Crippen LogP contribution in [0.2, 0.25) is 0 Å². The van der Waals surface area contributed by atoms with Crippen molar-refractivity contribution in [1.29, 1.82) is 0 Å². The normalized spacial score (nSPS) is 10.3. The first kappa shape index (κ1) is 14.2. The fourth-order valence-electron chi connectivity index (χ4n) is 1.99. The maximum absolute atomic E-state index is 13.2. The Morgan fingerprint density at radius 2 is 1.70 bits per heavy atom. The Labute approximate surface area is 116 Å². The number of halogens is 2. The third-order valence-electron chi connectivity index (χ3n) is 3.00. The van der Waals surface area contributed by atoms with Crippen molar-refractivity contribution < 1.29 is 13.6 Å². The molecule has 0 aliphatic heterocycles. The zero-order valence-electron chi connectivity index (χ0n) is 11.1. The first-order chi connectivity index (χ1) is 9.60. The lowest BCUT2D eigenvalue weighted by atomic mass is 10.1. The molecule has 2 aromatic carbocycles. The predicted molar refractivity (Wildman–Crippen MR) is 73.2 cm³/mol. The molecular weight excluding hydrogens is 260 g/mol. The summed E-state index contributed by atoms with van der Waals surface area (Å²) >= 11 is 0. The molecule has 0 aliphatic rings. The Kier molecular flexibility index (Phi) is 4.45. The van der Waals surface area contributed by atoms with Crippen molar-refractivity contribution >= 4 is 5.91 Å². The lowest BCUT2D eigenvalue weighted by Gasteiger charge is -2.21. The molecule has 0 heterocycles. The molecule has 0 fully saturated rings. The molecule has 0 aromatic heterocycles. The van der Waals surface area contributed by atoms with Crippen LogP contribution in [0.15, 0.2) is 48.5 Å². The molecule has 0 spiro atoms. The van der Waals surface area contributed by atoms with E-state index < -0.39 is 5.82 Å². The summed E-state index contributed by atoms with van der Waals surface area (Å²) in [6.07, 6.45) is 0. The Morgan fingerprint density at radius 1 is 1.05 bits per heavy atom. The fourth-order valence-corrected chi connectivity index (χ4v) is 1.99. The van der Waals surface area contributed by atoms with Gasteiger partial charge in [-0.2, -0.15) is 0 Å². The van der Waals surface area contributed by atoms with Gasteiger partial charge in [0, 0.05) is 18.7 Å². The summed E-state index contributed by atoms with van der Waals surface area (Å²) < 4.78 is 26.3. The smallest absolute Gasteiger partial charge is 0.254 e. The van der Waals surface area contributed by atoms with Crippen LogP contribution < -0.4 is 0 Å². The lowest BCUT2D eigenvalue weighted by Crippen LogP contribution is -2.30. The van der Waals surface area contributed by atoms with Crippen LogP contribution in [0.1, 0.15) is 22.8 Å². The molecule has 2 rings (SSSR count). The number of hydrogen-bond acceptors (Lipinski definition) is 1. The lowest BCUT2D eigenvalue weighted by molar-refractivity contribution is 0.0752. The van der Waals surface area contributed by atoms with Crippen molar-refractivity contribution in [1.82, 2.24) is 4.90 Å². The number of carbonyl (C=O) groups excluding carboxylic acids is 1. The van der Waals surface area contributed by atoms with Crippen molar-refractivity contribution in [2.45, 2.75) is 13.5 Å². The van der Waals surface area contributed by atoms with Crippen LogP contribution in [-0.2, 0) is 6.54 Å². The Bertz CT molecular complexity index is 613. The molecule has 2 aromatic rings. The van der Waals surface area contributed by atoms with Crippen molar-refractivity contribution in [3.05, 3.63) is 71.3 Å². The van der Waals surface area contributed by atoms with E-state index in [2.05, 4.69) is 0 Å². The van der Waals surface area contributed by atoms with Crippen molar-refractivity contribution in [3.8, 4) is 0 Å². The van der Waals surface area contributed by atoms with Gasteiger partial charge in [0.1, 0.15) is 11.6 Å². The van der Waals surface area contributed by atoms with E-state index in [-0.39, 0.29) is 11.7 Å². The van der Waals surface area contributed by atoms with E-state index in [4.69, 9.17) is 0 Å². The van der Waals surface area contributed by atoms with Gasteiger partial charge in [-0.1, -0.05) is 18.2 Å². The molecule has 0 unspecified atom stereocenters. The fraction of sp³-hybridized carbons (Fsp3) is 0.188. The minimum atomic E-state index is -0.447. The minimum absolute atomic E-state index is 0.267. The molecule has 2 nitrogen and oxygen atoms in total. The molecular formula is C16H15F2NO. The van der Waals surface area contributed by atoms with E-state index in [9.17, 15) is 13.6 Å². The summed E-state index contributed by atoms with van der Waals surface area (Å²) in [6, 6.07) is 11.7. The predicted octanol–water partition coefficient (Wildman–Crippen LogP) is 3.63. The summed E-state index contributed by atoms with van der Waals surface area (Å²) in [5.74, 6) is -1.05. The number of hydrogen-bond donors (Lipinski definition) is 0. The minimum Gasteiger partial charge on any atom is -0.335 e. The maximum atomic E-state index is 13.2. The van der Waals surface area contributed by atoms with Gasteiger partial charge >= 0.3 is 0 Å². The zero-order valence-corrected chi connectivity index (χ0v) is 11.1. The molecule has 4 heteroatoms. The summed E-state index contributed by atoms with van der Waals surface area (Å²) in [6.45, 7) is 2.59. The number of nitrogens with zero attached hydrogens (tertiary/aromatic N) is 1. The third-order valence-corrected chi connectivity index (χ3v) is 3.00. The van der Waals surface area contributed by atoms with Gasteiger partial charge in [-0.3, -0.25) is 4.79 Å². The Morgan fingerprint density at radius 3 is 2.30 bits per heavy atom. The quantitative estimate of drug-likeness (QED) is 0.834. The van der Waals surface area contributed by atoms with Gasteiger partial charge in [-0.25, -0.2) is 8.78 Å². The molecule has 0 aliphatic carbocycles. The maximum Gasteiger partial charge on any atom is 0.254 e. The first-order valence-corrected chi connectivity index (χ1v) is 6.39. The van der Waals surface area contributed by atoms with Gasteiger partial charge in [0.2, 0.25) is 0 Å². The second kappa shape index (κ2) is 6.28. The standard InChI is InChI=1S/C16H15F2NO/c1-2-19(11-12-5-3-7-14(17)9-12)16(20)13-6-4-8-15(18)10-13/h3-10H,2,11H2,1H3. The average molecular weight is 275 g/mol. The number of carbonyl (C=O) groups is 1. The molecule has 1 amide bonds. The second-order valence-corrected chi connectivity index (χ2v) is 4.46. The van der Waals surface area contributed by atoms with Crippen molar-refractivity contribution in [2.24, 2.45) is 0 Å². The monoisotopic (exact) mass is 275 g/mol. The van der Waals surface area contributed by atoms with Crippen molar-refractivity contribution in [2.75, 3.05) is 6.54 Å². The van der Waals surface area contributed by atoms with Gasteiger partial charge in [0.15, 0.2) is 0 Å². The molecule has 104 valence electrons. The van der Waals surface area contributed by atoms with Gasteiger partial charge in [0.25, 0.3) is 5.91 Å². The summed E-state index contributed by atoms with van der Waals surface area (Å²) in [4.78, 5) is 13.8. The highest BCUT2D eigenvalue weighted by atomic mass is 19.1. The van der Waals surface area contributed by atoms with E-state index in [0.29, 0.717) is 24.2 Å². The van der Waals surface area contributed by atoms with Gasteiger partial charge < -0.3 is 4.90 Å². The van der Waals surface area contributed by atoms with Gasteiger partial charge in [-0.05, 0) is 42.8 Å². The Hall–Kier alpha value is -2.23. The number of benzene rings is 2. The van der Waals surface area contributed by atoms with E-state index in [0.717, 1.165) is 0 Å². The van der Waals surface area contributed by atoms with Gasteiger partial charge in [-0.15, -0.1) is 0 Å². The first-order valence-electron chi connectivity index (χ1n) is 6.39. The van der Waals surface area contributed by atoms with Crippen LogP contribution in [0.25, 0.3) is 0 Å². The van der Waals surface area contributed by atoms with Crippen LogP contribution in [-0.4, -0.2) is 17.4 Å². The van der Waals surface area contributed by atoms with E-state index in [1.165, 1.54) is 30.3 Å². The van der Waals surface area contributed by atoms with E-state index in [1.54, 1.807) is 23.1 Å². The second-order valence-electron chi connectivity index (χ2n) is 4.46. The number of amides is 1. The summed E-state index contributed by atoms with van der Waals surface area (Å²) in [5.41, 5.74) is 1.000. The molecule has 0 saturated heterocycles. The summed E-state index contributed by atoms with van der Waals surface area (Å²) in [7, 11) is 0. The molecule has 0 bridgehead atoms. The van der Waals surface area contributed by atoms with E-state index >= 15 is 0 Å². The van der Waals surface area contributed by atoms with Crippen molar-refractivity contribution in [3.63, 3.8) is 0 Å². The topological polar surface area (TPSA) is 20.3 Å². The molecule has 0 N–H and O–H groups in total. The number of rotatable bonds is 4.